The molecular weight excluding hydrogens is 272 g/mol. The van der Waals surface area contributed by atoms with Crippen molar-refractivity contribution in [2.75, 3.05) is 0 Å². The van der Waals surface area contributed by atoms with Gasteiger partial charge in [0.15, 0.2) is 0 Å². The Balaban J connectivity index is 1.67. The van der Waals surface area contributed by atoms with E-state index in [-0.39, 0.29) is 11.5 Å². The van der Waals surface area contributed by atoms with Crippen molar-refractivity contribution in [3.05, 3.63) is 0 Å². The van der Waals surface area contributed by atoms with Gasteiger partial charge in [0.1, 0.15) is 5.78 Å². The summed E-state index contributed by atoms with van der Waals surface area (Å²) in [5.74, 6) is 4.08. The van der Waals surface area contributed by atoms with Crippen LogP contribution in [0.3, 0.4) is 0 Å². The largest absolute Gasteiger partial charge is 0.393 e. The Kier molecular flexibility index (Phi) is 3.32. The van der Waals surface area contributed by atoms with Gasteiger partial charge in [-0.05, 0) is 80.0 Å². The van der Waals surface area contributed by atoms with Crippen LogP contribution in [-0.2, 0) is 4.79 Å². The first-order valence-corrected chi connectivity index (χ1v) is 9.58. The summed E-state index contributed by atoms with van der Waals surface area (Å²) in [6.07, 6.45) is 8.85. The quantitative estimate of drug-likeness (QED) is 0.728. The predicted octanol–water partition coefficient (Wildman–Crippen LogP) is 4.21. The number of aliphatic hydroxyl groups excluding tert-OH is 1. The van der Waals surface area contributed by atoms with E-state index >= 15 is 0 Å². The highest BCUT2D eigenvalue weighted by molar-refractivity contribution is 5.87. The Labute approximate surface area is 135 Å². The monoisotopic (exact) mass is 304 g/mol. The number of aliphatic hydroxyl groups is 1. The van der Waals surface area contributed by atoms with Crippen LogP contribution in [0.1, 0.15) is 72.1 Å². The zero-order valence-electron chi connectivity index (χ0n) is 14.5. The minimum Gasteiger partial charge on any atom is -0.393 e. The SMILES string of the molecule is CC1C[C@@H](O)CC2CC[C@@H]3[C@H](CC[C@]4(C)C(=O)CC[C@@H]34)[C@@]12C. The Morgan fingerprint density at radius 1 is 1.05 bits per heavy atom. The van der Waals surface area contributed by atoms with Crippen LogP contribution in [0.25, 0.3) is 0 Å². The number of carbonyl (C=O) groups excluding carboxylic acids is 1. The molecule has 2 unspecified atom stereocenters. The van der Waals surface area contributed by atoms with Crippen molar-refractivity contribution in [1.82, 2.24) is 0 Å². The lowest BCUT2D eigenvalue weighted by atomic mass is 9.43. The molecule has 124 valence electrons. The van der Waals surface area contributed by atoms with Crippen molar-refractivity contribution in [3.8, 4) is 0 Å². The van der Waals surface area contributed by atoms with E-state index in [2.05, 4.69) is 20.8 Å². The molecule has 4 fully saturated rings. The number of Topliss-reactive ketones (excluding diaryl/α,β-unsaturated/α-hetero) is 1. The van der Waals surface area contributed by atoms with Gasteiger partial charge in [-0.3, -0.25) is 4.79 Å². The molecular formula is C20H32O2. The summed E-state index contributed by atoms with van der Waals surface area (Å²) >= 11 is 0. The zero-order chi connectivity index (χ0) is 15.7. The highest BCUT2D eigenvalue weighted by Crippen LogP contribution is 2.66. The van der Waals surface area contributed by atoms with Crippen molar-refractivity contribution in [3.63, 3.8) is 0 Å². The number of rotatable bonds is 0. The molecule has 4 aliphatic carbocycles. The van der Waals surface area contributed by atoms with Crippen LogP contribution in [0.15, 0.2) is 0 Å². The molecule has 1 N–H and O–H groups in total. The van der Waals surface area contributed by atoms with Gasteiger partial charge in [0.05, 0.1) is 6.10 Å². The molecule has 0 aromatic heterocycles. The maximum Gasteiger partial charge on any atom is 0.139 e. The van der Waals surface area contributed by atoms with Crippen molar-refractivity contribution in [1.29, 1.82) is 0 Å². The van der Waals surface area contributed by atoms with E-state index in [0.717, 1.165) is 43.9 Å². The topological polar surface area (TPSA) is 37.3 Å². The van der Waals surface area contributed by atoms with Crippen LogP contribution >= 0.6 is 0 Å². The average Bonchev–Trinajstić information content (AvgIpc) is 2.77. The van der Waals surface area contributed by atoms with Gasteiger partial charge in [-0.25, -0.2) is 0 Å². The molecule has 4 aliphatic rings. The molecule has 4 saturated carbocycles. The van der Waals surface area contributed by atoms with Crippen LogP contribution in [0.2, 0.25) is 0 Å². The molecule has 0 saturated heterocycles. The molecule has 0 heterocycles. The second-order valence-electron chi connectivity index (χ2n) is 9.46. The molecule has 0 radical (unpaired) electrons. The average molecular weight is 304 g/mol. The van der Waals surface area contributed by atoms with Gasteiger partial charge in [0.2, 0.25) is 0 Å². The fourth-order valence-corrected chi connectivity index (χ4v) is 7.47. The normalized spacial score (nSPS) is 57.9. The number of ketones is 1. The lowest BCUT2D eigenvalue weighted by Gasteiger charge is -2.62. The minimum atomic E-state index is -0.0773. The smallest absolute Gasteiger partial charge is 0.139 e. The van der Waals surface area contributed by atoms with Gasteiger partial charge in [-0.1, -0.05) is 20.8 Å². The van der Waals surface area contributed by atoms with Crippen molar-refractivity contribution in [2.45, 2.75) is 78.2 Å². The molecule has 4 rings (SSSR count). The first kappa shape index (κ1) is 15.2. The standard InChI is InChI=1S/C20H32O2/c1-12-10-14(21)11-13-4-5-15-16-6-7-18(22)19(16,2)9-8-17(15)20(12,13)3/h12-17,21H,4-11H2,1-3H3/t12?,13?,14-,15+,16+,17+,19+,20+/m1/s1. The van der Waals surface area contributed by atoms with E-state index in [9.17, 15) is 9.90 Å². The van der Waals surface area contributed by atoms with E-state index in [0.29, 0.717) is 29.0 Å². The number of fused-ring (bicyclic) bond motifs is 5. The van der Waals surface area contributed by atoms with Gasteiger partial charge in [-0.2, -0.15) is 0 Å². The lowest BCUT2D eigenvalue weighted by Crippen LogP contribution is -2.56. The molecule has 0 aromatic carbocycles. The van der Waals surface area contributed by atoms with E-state index in [4.69, 9.17) is 0 Å². The Morgan fingerprint density at radius 2 is 1.82 bits per heavy atom. The Bertz CT molecular complexity index is 486. The van der Waals surface area contributed by atoms with Crippen LogP contribution in [0.5, 0.6) is 0 Å². The van der Waals surface area contributed by atoms with Crippen molar-refractivity contribution >= 4 is 5.78 Å². The Hall–Kier alpha value is -0.370. The Morgan fingerprint density at radius 3 is 2.59 bits per heavy atom. The third kappa shape index (κ3) is 1.79. The molecule has 0 amide bonds. The summed E-state index contributed by atoms with van der Waals surface area (Å²) in [5, 5.41) is 10.2. The lowest BCUT2D eigenvalue weighted by molar-refractivity contribution is -0.155. The van der Waals surface area contributed by atoms with E-state index in [1.165, 1.54) is 19.3 Å². The number of carbonyl (C=O) groups is 1. The molecule has 2 heteroatoms. The summed E-state index contributed by atoms with van der Waals surface area (Å²) in [4.78, 5) is 12.4. The summed E-state index contributed by atoms with van der Waals surface area (Å²) in [6.45, 7) is 7.18. The van der Waals surface area contributed by atoms with Gasteiger partial charge >= 0.3 is 0 Å². The molecule has 0 aliphatic heterocycles. The van der Waals surface area contributed by atoms with E-state index in [1.807, 2.05) is 0 Å². The second-order valence-corrected chi connectivity index (χ2v) is 9.46. The summed E-state index contributed by atoms with van der Waals surface area (Å²) in [5.41, 5.74) is 0.400. The zero-order valence-corrected chi connectivity index (χ0v) is 14.5. The molecule has 22 heavy (non-hydrogen) atoms. The molecule has 8 atom stereocenters. The third-order valence-electron chi connectivity index (χ3n) is 8.92. The second kappa shape index (κ2) is 4.82. The molecule has 0 spiro atoms. The van der Waals surface area contributed by atoms with Crippen molar-refractivity contribution in [2.24, 2.45) is 40.4 Å². The number of hydrogen-bond donors (Lipinski definition) is 1. The van der Waals surface area contributed by atoms with E-state index in [1.54, 1.807) is 0 Å². The molecule has 2 nitrogen and oxygen atoms in total. The first-order chi connectivity index (χ1) is 10.4. The molecule has 0 aromatic rings. The summed E-state index contributed by atoms with van der Waals surface area (Å²) in [6, 6.07) is 0. The van der Waals surface area contributed by atoms with Gasteiger partial charge in [0, 0.05) is 11.8 Å². The summed E-state index contributed by atoms with van der Waals surface area (Å²) < 4.78 is 0. The first-order valence-electron chi connectivity index (χ1n) is 9.58. The predicted molar refractivity (Wildman–Crippen MR) is 87.3 cm³/mol. The maximum absolute atomic E-state index is 12.4. The fraction of sp³-hybridized carbons (Fsp3) is 0.950. The highest BCUT2D eigenvalue weighted by atomic mass is 16.3. The fourth-order valence-electron chi connectivity index (χ4n) is 7.47. The van der Waals surface area contributed by atoms with Crippen LogP contribution in [0.4, 0.5) is 0 Å². The highest BCUT2D eigenvalue weighted by Gasteiger charge is 2.61. The number of hydrogen-bond acceptors (Lipinski definition) is 2. The maximum atomic E-state index is 12.4. The van der Waals surface area contributed by atoms with Crippen LogP contribution in [-0.4, -0.2) is 17.0 Å². The van der Waals surface area contributed by atoms with Crippen LogP contribution < -0.4 is 0 Å². The minimum absolute atomic E-state index is 0.00177. The van der Waals surface area contributed by atoms with Crippen molar-refractivity contribution < 1.29 is 9.90 Å². The summed E-state index contributed by atoms with van der Waals surface area (Å²) in [7, 11) is 0. The van der Waals surface area contributed by atoms with Gasteiger partial charge < -0.3 is 5.11 Å². The third-order valence-corrected chi connectivity index (χ3v) is 8.92. The van der Waals surface area contributed by atoms with Gasteiger partial charge in [-0.15, -0.1) is 0 Å². The van der Waals surface area contributed by atoms with Gasteiger partial charge in [0.25, 0.3) is 0 Å². The van der Waals surface area contributed by atoms with Crippen LogP contribution in [0, 0.1) is 40.4 Å². The molecule has 0 bridgehead atoms. The van der Waals surface area contributed by atoms with E-state index < -0.39 is 0 Å².